The average molecular weight is 744 g/mol. The van der Waals surface area contributed by atoms with Gasteiger partial charge < -0.3 is 14.1 Å². The van der Waals surface area contributed by atoms with Gasteiger partial charge in [-0.2, -0.15) is 0 Å². The lowest BCUT2D eigenvalue weighted by Gasteiger charge is -2.48. The molecule has 6 aliphatic carbocycles. The zero-order chi connectivity index (χ0) is 37.5. The number of para-hydroxylation sites is 1. The van der Waals surface area contributed by atoms with Gasteiger partial charge in [0.15, 0.2) is 0 Å². The Hall–Kier alpha value is -5.54. The van der Waals surface area contributed by atoms with Crippen LogP contribution >= 0.6 is 0 Å². The van der Waals surface area contributed by atoms with Gasteiger partial charge in [0.1, 0.15) is 22.7 Å². The summed E-state index contributed by atoms with van der Waals surface area (Å²) in [6.45, 7) is 0. The average Bonchev–Trinajstić information content (AvgIpc) is 3.86. The zero-order valence-electron chi connectivity index (χ0n) is 32.6. The SMILES string of the molecule is C1=CC2=C3C=CCCC3[C@H](N(C3=CCC(c4ccc5oc6c(-c7ccccc7)cccc6c5c4)C=C3)C3=C4Oc5c(ccc6c5CCCC6)C4CC=C3)CC2CC1. The Morgan fingerprint density at radius 2 is 1.61 bits per heavy atom. The van der Waals surface area contributed by atoms with E-state index >= 15 is 0 Å². The van der Waals surface area contributed by atoms with Crippen LogP contribution in [0.5, 0.6) is 5.75 Å². The predicted molar refractivity (Wildman–Crippen MR) is 232 cm³/mol. The molecule has 7 aliphatic rings. The van der Waals surface area contributed by atoms with Gasteiger partial charge >= 0.3 is 0 Å². The molecule has 12 rings (SSSR count). The van der Waals surface area contributed by atoms with Crippen molar-refractivity contribution < 1.29 is 9.15 Å². The highest BCUT2D eigenvalue weighted by molar-refractivity contribution is 6.09. The molecule has 5 atom stereocenters. The third-order valence-electron chi connectivity index (χ3n) is 14.4. The molecule has 0 spiro atoms. The molecule has 1 aromatic heterocycles. The molecule has 282 valence electrons. The number of rotatable bonds is 5. The van der Waals surface area contributed by atoms with Crippen LogP contribution in [-0.4, -0.2) is 10.9 Å². The number of allylic oxidation sites excluding steroid dienone is 11. The second-order valence-corrected chi connectivity index (χ2v) is 17.5. The van der Waals surface area contributed by atoms with E-state index in [9.17, 15) is 0 Å². The maximum atomic E-state index is 7.21. The van der Waals surface area contributed by atoms with E-state index in [1.54, 1.807) is 11.1 Å². The van der Waals surface area contributed by atoms with E-state index in [0.717, 1.165) is 42.4 Å². The maximum absolute atomic E-state index is 7.21. The van der Waals surface area contributed by atoms with Crippen molar-refractivity contribution in [2.75, 3.05) is 0 Å². The van der Waals surface area contributed by atoms with E-state index in [1.165, 1.54) is 106 Å². The lowest BCUT2D eigenvalue weighted by molar-refractivity contribution is 0.187. The molecule has 1 aliphatic heterocycles. The first-order valence-electron chi connectivity index (χ1n) is 21.8. The van der Waals surface area contributed by atoms with Crippen molar-refractivity contribution in [1.29, 1.82) is 0 Å². The monoisotopic (exact) mass is 743 g/mol. The number of hydrogen-bond donors (Lipinski definition) is 0. The normalized spacial score (nSPS) is 25.8. The summed E-state index contributed by atoms with van der Waals surface area (Å²) in [5.41, 5.74) is 15.8. The van der Waals surface area contributed by atoms with E-state index < -0.39 is 0 Å². The number of hydrogen-bond acceptors (Lipinski definition) is 3. The van der Waals surface area contributed by atoms with E-state index in [4.69, 9.17) is 9.15 Å². The summed E-state index contributed by atoms with van der Waals surface area (Å²) in [5, 5.41) is 2.38. The zero-order valence-corrected chi connectivity index (χ0v) is 32.6. The Balaban J connectivity index is 0.934. The van der Waals surface area contributed by atoms with Crippen LogP contribution in [0.15, 0.2) is 166 Å². The van der Waals surface area contributed by atoms with Gasteiger partial charge in [-0.15, -0.1) is 0 Å². The van der Waals surface area contributed by atoms with Crippen molar-refractivity contribution in [2.24, 2.45) is 11.8 Å². The van der Waals surface area contributed by atoms with Crippen LogP contribution in [-0.2, 0) is 12.8 Å². The van der Waals surface area contributed by atoms with E-state index in [0.29, 0.717) is 23.8 Å². The summed E-state index contributed by atoms with van der Waals surface area (Å²) in [6, 6.07) is 29.2. The van der Waals surface area contributed by atoms with Crippen LogP contribution < -0.4 is 4.74 Å². The van der Waals surface area contributed by atoms with E-state index in [-0.39, 0.29) is 5.92 Å². The van der Waals surface area contributed by atoms with Crippen molar-refractivity contribution in [3.8, 4) is 16.9 Å². The second-order valence-electron chi connectivity index (χ2n) is 17.5. The van der Waals surface area contributed by atoms with Crippen LogP contribution in [0.25, 0.3) is 33.1 Å². The van der Waals surface area contributed by atoms with Crippen molar-refractivity contribution in [3.05, 3.63) is 184 Å². The Kier molecular flexibility index (Phi) is 7.98. The largest absolute Gasteiger partial charge is 0.458 e. The van der Waals surface area contributed by atoms with Gasteiger partial charge in [-0.3, -0.25) is 0 Å². The number of benzene rings is 4. The van der Waals surface area contributed by atoms with Crippen molar-refractivity contribution in [2.45, 2.75) is 88.5 Å². The van der Waals surface area contributed by atoms with Crippen LogP contribution in [0, 0.1) is 11.8 Å². The minimum absolute atomic E-state index is 0.285. The highest BCUT2D eigenvalue weighted by Gasteiger charge is 2.44. The van der Waals surface area contributed by atoms with E-state index in [2.05, 4.69) is 138 Å². The number of fused-ring (bicyclic) bond motifs is 10. The molecule has 4 unspecified atom stereocenters. The Labute approximate surface area is 336 Å². The minimum Gasteiger partial charge on any atom is -0.458 e. The molecule has 0 fully saturated rings. The summed E-state index contributed by atoms with van der Waals surface area (Å²) in [7, 11) is 0. The van der Waals surface area contributed by atoms with Gasteiger partial charge in [-0.1, -0.05) is 109 Å². The summed E-state index contributed by atoms with van der Waals surface area (Å²) < 4.78 is 13.8. The van der Waals surface area contributed by atoms with Crippen molar-refractivity contribution in [3.63, 3.8) is 0 Å². The summed E-state index contributed by atoms with van der Waals surface area (Å²) >= 11 is 0. The molecule has 5 aromatic rings. The van der Waals surface area contributed by atoms with Crippen LogP contribution in [0.2, 0.25) is 0 Å². The first-order chi connectivity index (χ1) is 28.3. The smallest absolute Gasteiger partial charge is 0.143 e. The third kappa shape index (κ3) is 5.45. The first-order valence-corrected chi connectivity index (χ1v) is 21.8. The molecule has 2 heterocycles. The predicted octanol–water partition coefficient (Wildman–Crippen LogP) is 13.7. The molecule has 0 saturated heterocycles. The number of nitrogens with zero attached hydrogens (tertiary/aromatic N) is 1. The highest BCUT2D eigenvalue weighted by atomic mass is 16.5. The van der Waals surface area contributed by atoms with E-state index in [1.807, 2.05) is 0 Å². The lowest BCUT2D eigenvalue weighted by atomic mass is 9.67. The standard InChI is InChI=1S/C54H49NO2/c1-2-12-35(13-3-1)42-20-10-21-46-48-32-37(27-31-51(48)56-52(42)46)34-24-28-39(29-25-34)55(50-33-38-15-5-6-16-40(38)43-18-8-9-19-44(43)50)49-23-11-22-45-47-30-26-36-14-4-7-17-41(36)53(47)57-54(45)49/h1-3,6,8,10-13,16,18,20-21,23-24,26-32,34,38,44-45,50H,4-5,7,9,14-15,17,19,22,25,33H2/t34?,38?,44?,45?,50-/m1/s1. The molecule has 0 radical (unpaired) electrons. The number of ether oxygens (including phenoxy) is 1. The summed E-state index contributed by atoms with van der Waals surface area (Å²) in [6.07, 6.45) is 34.9. The molecular weight excluding hydrogens is 695 g/mol. The Bertz CT molecular complexity index is 2680. The van der Waals surface area contributed by atoms with Gasteiger partial charge in [0.2, 0.25) is 0 Å². The van der Waals surface area contributed by atoms with Gasteiger partial charge in [0, 0.05) is 45.5 Å². The van der Waals surface area contributed by atoms with Crippen molar-refractivity contribution >= 4 is 21.9 Å². The third-order valence-corrected chi connectivity index (χ3v) is 14.4. The lowest BCUT2D eigenvalue weighted by Crippen LogP contribution is -2.45. The number of furan rings is 1. The van der Waals surface area contributed by atoms with Gasteiger partial charge in [-0.25, -0.2) is 0 Å². The molecule has 0 bridgehead atoms. The Morgan fingerprint density at radius 1 is 0.719 bits per heavy atom. The van der Waals surface area contributed by atoms with Crippen LogP contribution in [0.3, 0.4) is 0 Å². The van der Waals surface area contributed by atoms with Gasteiger partial charge in [0.25, 0.3) is 0 Å². The van der Waals surface area contributed by atoms with Gasteiger partial charge in [-0.05, 0) is 134 Å². The van der Waals surface area contributed by atoms with Crippen molar-refractivity contribution in [1.82, 2.24) is 4.90 Å². The minimum atomic E-state index is 0.285. The quantitative estimate of drug-likeness (QED) is 0.179. The molecule has 3 nitrogen and oxygen atoms in total. The molecule has 3 heteroatoms. The molecular formula is C54H49NO2. The van der Waals surface area contributed by atoms with Crippen LogP contribution in [0.4, 0.5) is 0 Å². The maximum Gasteiger partial charge on any atom is 0.143 e. The molecule has 0 N–H and O–H groups in total. The second kappa shape index (κ2) is 13.5. The summed E-state index contributed by atoms with van der Waals surface area (Å²) in [5.74, 6) is 4.03. The Morgan fingerprint density at radius 3 is 2.53 bits per heavy atom. The summed E-state index contributed by atoms with van der Waals surface area (Å²) in [4.78, 5) is 2.78. The number of aryl methyl sites for hydroxylation is 1. The first kappa shape index (κ1) is 33.6. The molecule has 0 amide bonds. The topological polar surface area (TPSA) is 25.6 Å². The molecule has 0 saturated carbocycles. The van der Waals surface area contributed by atoms with Gasteiger partial charge in [0.05, 0.1) is 11.6 Å². The molecule has 57 heavy (non-hydrogen) atoms. The highest BCUT2D eigenvalue weighted by Crippen LogP contribution is 2.53. The fraction of sp³-hybridized carbons (Fsp3) is 0.296. The fourth-order valence-electron chi connectivity index (χ4n) is 11.6. The van der Waals surface area contributed by atoms with Crippen LogP contribution in [0.1, 0.15) is 91.9 Å². The molecule has 4 aromatic carbocycles. The fourth-order valence-corrected chi connectivity index (χ4v) is 11.6.